The minimum atomic E-state index is -0.194. The third kappa shape index (κ3) is 4.91. The topological polar surface area (TPSA) is 13.1 Å². The molecule has 0 amide bonds. The largest absolute Gasteiger partial charge is 0.456 e. The average molecular weight is 789 g/mol. The summed E-state index contributed by atoms with van der Waals surface area (Å²) in [5.41, 5.74) is 17.1. The summed E-state index contributed by atoms with van der Waals surface area (Å²) in [4.78, 5) is 0. The van der Waals surface area contributed by atoms with E-state index in [9.17, 15) is 0 Å². The number of fused-ring (bicyclic) bond motifs is 13. The number of hydrogen-bond donors (Lipinski definition) is 0. The van der Waals surface area contributed by atoms with Crippen molar-refractivity contribution >= 4 is 65.0 Å². The summed E-state index contributed by atoms with van der Waals surface area (Å²) < 4.78 is 6.23. The van der Waals surface area contributed by atoms with Crippen molar-refractivity contribution in [2.45, 2.75) is 19.3 Å². The van der Waals surface area contributed by atoms with Crippen molar-refractivity contribution in [3.63, 3.8) is 0 Å². The molecule has 13 rings (SSSR count). The molecule has 0 atom stereocenters. The van der Waals surface area contributed by atoms with E-state index in [1.54, 1.807) is 0 Å². The van der Waals surface area contributed by atoms with E-state index in [1.165, 1.54) is 110 Å². The lowest BCUT2D eigenvalue weighted by atomic mass is 9.76. The third-order valence-electron chi connectivity index (χ3n) is 13.8. The molecule has 290 valence electrons. The Labute approximate surface area is 360 Å². The summed E-state index contributed by atoms with van der Waals surface area (Å²) in [7, 11) is 0. The Bertz CT molecular complexity index is 3770. The van der Waals surface area contributed by atoms with Gasteiger partial charge in [-0.25, -0.2) is 0 Å². The lowest BCUT2D eigenvalue weighted by molar-refractivity contribution is 0.668. The maximum Gasteiger partial charge on any atom is 0.135 e. The summed E-state index contributed by atoms with van der Waals surface area (Å²) in [5.74, 6) is 0. The zero-order chi connectivity index (χ0) is 41.1. The molecule has 0 unspecified atom stereocenters. The van der Waals surface area contributed by atoms with Gasteiger partial charge < -0.3 is 4.42 Å². The highest BCUT2D eigenvalue weighted by Crippen LogP contribution is 2.57. The molecule has 1 aliphatic carbocycles. The first-order valence-corrected chi connectivity index (χ1v) is 21.7. The van der Waals surface area contributed by atoms with Crippen LogP contribution in [-0.2, 0) is 5.41 Å². The van der Waals surface area contributed by atoms with Crippen LogP contribution in [0.2, 0.25) is 0 Å². The molecule has 12 aromatic rings. The Hall–Kier alpha value is -7.74. The lowest BCUT2D eigenvalue weighted by Gasteiger charge is -2.26. The van der Waals surface area contributed by atoms with Crippen molar-refractivity contribution in [3.05, 3.63) is 217 Å². The van der Waals surface area contributed by atoms with Gasteiger partial charge >= 0.3 is 0 Å². The molecule has 0 saturated carbocycles. The van der Waals surface area contributed by atoms with E-state index in [0.717, 1.165) is 21.9 Å². The molecule has 0 radical (unpaired) electrons. The molecule has 11 aromatic carbocycles. The average Bonchev–Trinajstić information content (AvgIpc) is 3.82. The molecule has 0 bridgehead atoms. The van der Waals surface area contributed by atoms with Gasteiger partial charge in [0.05, 0.1) is 0 Å². The number of para-hydroxylation sites is 1. The van der Waals surface area contributed by atoms with Crippen LogP contribution in [0.1, 0.15) is 25.0 Å². The minimum Gasteiger partial charge on any atom is -0.456 e. The fourth-order valence-corrected chi connectivity index (χ4v) is 11.3. The Kier molecular flexibility index (Phi) is 7.42. The second-order valence-corrected chi connectivity index (χ2v) is 17.5. The predicted octanol–water partition coefficient (Wildman–Crippen LogP) is 17.2. The van der Waals surface area contributed by atoms with E-state index in [4.69, 9.17) is 4.42 Å². The van der Waals surface area contributed by atoms with Crippen molar-refractivity contribution in [2.75, 3.05) is 0 Å². The number of furan rings is 1. The Morgan fingerprint density at radius 2 is 0.726 bits per heavy atom. The van der Waals surface area contributed by atoms with Gasteiger partial charge in [-0.15, -0.1) is 0 Å². The SMILES string of the molecule is CC1(C)c2c(-c3ccc(-c4c5ccccc5c(-c5ccccc5-c5ccc6oc7ccccc7c6c5)c5ccccc45)cc3)cccc2-c2c1c1ccccc1c1ccccc21. The fourth-order valence-electron chi connectivity index (χ4n) is 11.3. The van der Waals surface area contributed by atoms with Crippen LogP contribution in [0.15, 0.2) is 211 Å². The molecule has 0 saturated heterocycles. The van der Waals surface area contributed by atoms with Gasteiger partial charge in [-0.3, -0.25) is 0 Å². The first-order chi connectivity index (χ1) is 30.5. The highest BCUT2D eigenvalue weighted by Gasteiger charge is 2.40. The third-order valence-corrected chi connectivity index (χ3v) is 13.8. The molecule has 0 aliphatic heterocycles. The predicted molar refractivity (Wildman–Crippen MR) is 263 cm³/mol. The number of hydrogen-bond acceptors (Lipinski definition) is 1. The van der Waals surface area contributed by atoms with Crippen LogP contribution in [-0.4, -0.2) is 0 Å². The maximum absolute atomic E-state index is 6.23. The minimum absolute atomic E-state index is 0.194. The van der Waals surface area contributed by atoms with Gasteiger partial charge in [-0.2, -0.15) is 0 Å². The van der Waals surface area contributed by atoms with Gasteiger partial charge in [0.2, 0.25) is 0 Å². The van der Waals surface area contributed by atoms with E-state index < -0.39 is 0 Å². The Morgan fingerprint density at radius 1 is 0.274 bits per heavy atom. The summed E-state index contributed by atoms with van der Waals surface area (Å²) in [6.45, 7) is 4.85. The van der Waals surface area contributed by atoms with Crippen LogP contribution >= 0.6 is 0 Å². The highest BCUT2D eigenvalue weighted by atomic mass is 16.3. The molecule has 0 fully saturated rings. The zero-order valence-corrected chi connectivity index (χ0v) is 34.5. The van der Waals surface area contributed by atoms with Crippen molar-refractivity contribution in [1.82, 2.24) is 0 Å². The van der Waals surface area contributed by atoms with Gasteiger partial charge in [0, 0.05) is 16.2 Å². The summed E-state index contributed by atoms with van der Waals surface area (Å²) in [6.07, 6.45) is 0. The first kappa shape index (κ1) is 35.1. The van der Waals surface area contributed by atoms with Gasteiger partial charge in [0.25, 0.3) is 0 Å². The molecule has 62 heavy (non-hydrogen) atoms. The van der Waals surface area contributed by atoms with Crippen LogP contribution in [0.4, 0.5) is 0 Å². The summed E-state index contributed by atoms with van der Waals surface area (Å²) in [5, 5.41) is 12.6. The normalized spacial score (nSPS) is 13.1. The first-order valence-electron chi connectivity index (χ1n) is 21.7. The van der Waals surface area contributed by atoms with E-state index in [0.29, 0.717) is 0 Å². The Balaban J connectivity index is 0.974. The van der Waals surface area contributed by atoms with Gasteiger partial charge in [-0.05, 0) is 128 Å². The highest BCUT2D eigenvalue weighted by molar-refractivity contribution is 6.23. The number of benzene rings is 11. The molecule has 1 aliphatic rings. The summed E-state index contributed by atoms with van der Waals surface area (Å²) >= 11 is 0. The fraction of sp³-hybridized carbons (Fsp3) is 0.0492. The number of rotatable bonds is 4. The zero-order valence-electron chi connectivity index (χ0n) is 34.5. The molecule has 0 N–H and O–H groups in total. The van der Waals surface area contributed by atoms with Crippen molar-refractivity contribution < 1.29 is 4.42 Å². The van der Waals surface area contributed by atoms with Crippen molar-refractivity contribution in [3.8, 4) is 55.6 Å². The van der Waals surface area contributed by atoms with E-state index in [1.807, 2.05) is 12.1 Å². The van der Waals surface area contributed by atoms with Crippen LogP contribution in [0.25, 0.3) is 121 Å². The quantitative estimate of drug-likeness (QED) is 0.128. The van der Waals surface area contributed by atoms with Crippen molar-refractivity contribution in [1.29, 1.82) is 0 Å². The molecule has 1 nitrogen and oxygen atoms in total. The smallest absolute Gasteiger partial charge is 0.135 e. The van der Waals surface area contributed by atoms with E-state index in [2.05, 4.69) is 208 Å². The molecular formula is C61H40O. The summed E-state index contributed by atoms with van der Waals surface area (Å²) in [6, 6.07) is 76.0. The van der Waals surface area contributed by atoms with Crippen molar-refractivity contribution in [2.24, 2.45) is 0 Å². The van der Waals surface area contributed by atoms with E-state index >= 15 is 0 Å². The second kappa shape index (κ2) is 13.1. The van der Waals surface area contributed by atoms with Crippen LogP contribution in [0.5, 0.6) is 0 Å². The second-order valence-electron chi connectivity index (χ2n) is 17.5. The monoisotopic (exact) mass is 788 g/mol. The van der Waals surface area contributed by atoms with Crippen LogP contribution < -0.4 is 0 Å². The van der Waals surface area contributed by atoms with Gasteiger partial charge in [-0.1, -0.05) is 202 Å². The molecule has 1 heterocycles. The molecule has 1 aromatic heterocycles. The maximum atomic E-state index is 6.23. The van der Waals surface area contributed by atoms with Crippen LogP contribution in [0.3, 0.4) is 0 Å². The molecule has 0 spiro atoms. The van der Waals surface area contributed by atoms with Gasteiger partial charge in [0.15, 0.2) is 0 Å². The standard InChI is InChI=1S/C61H40O/c1-61(2)59-41(27-15-28-52(59)58-46-21-7-4-17-42(46)43-18-5-12-26-51(43)60(58)61)37-30-32-38(33-31-37)56-47-22-8-10-24-49(47)57(50-25-11-9-23-48(50)56)45-20-6-3-16-40(45)39-34-35-55-53(36-39)44-19-13-14-29-54(44)62-55/h3-36H,1-2H3. The molecule has 1 heteroatoms. The van der Waals surface area contributed by atoms with Crippen LogP contribution in [0, 0.1) is 0 Å². The lowest BCUT2D eigenvalue weighted by Crippen LogP contribution is -2.17. The van der Waals surface area contributed by atoms with Gasteiger partial charge in [0.1, 0.15) is 11.2 Å². The van der Waals surface area contributed by atoms with E-state index in [-0.39, 0.29) is 5.41 Å². The Morgan fingerprint density at radius 3 is 1.40 bits per heavy atom. The molecular weight excluding hydrogens is 749 g/mol.